The third kappa shape index (κ3) is 3.35. The number of carbonyl (C=O) groups is 1. The Bertz CT molecular complexity index is 160. The Morgan fingerprint density at radius 3 is 2.31 bits per heavy atom. The number of rotatable bonds is 3. The first-order valence-corrected chi connectivity index (χ1v) is 4.86. The average Bonchev–Trinajstić information content (AvgIpc) is 2.19. The van der Waals surface area contributed by atoms with Gasteiger partial charge in [0.25, 0.3) is 0 Å². The summed E-state index contributed by atoms with van der Waals surface area (Å²) in [6.07, 6.45) is 5.33. The summed E-state index contributed by atoms with van der Waals surface area (Å²) in [5.74, 6) is 0.430. The molecule has 1 aliphatic carbocycles. The molecule has 3 nitrogen and oxygen atoms in total. The van der Waals surface area contributed by atoms with Gasteiger partial charge in [0.05, 0.1) is 13.2 Å². The molecule has 1 fully saturated rings. The van der Waals surface area contributed by atoms with Crippen LogP contribution in [0.1, 0.15) is 32.1 Å². The fraction of sp³-hybridized carbons (Fsp3) is 0.900. The van der Waals surface area contributed by atoms with Crippen molar-refractivity contribution in [1.82, 2.24) is 0 Å². The third-order valence-corrected chi connectivity index (χ3v) is 2.81. The first-order valence-electron chi connectivity index (χ1n) is 4.86. The molecule has 0 radical (unpaired) electrons. The van der Waals surface area contributed by atoms with Gasteiger partial charge in [-0.15, -0.1) is 0 Å². The van der Waals surface area contributed by atoms with E-state index in [2.05, 4.69) is 4.74 Å². The summed E-state index contributed by atoms with van der Waals surface area (Å²) in [5, 5.41) is 0. The van der Waals surface area contributed by atoms with Crippen molar-refractivity contribution in [1.29, 1.82) is 0 Å². The maximum atomic E-state index is 11.0. The lowest BCUT2D eigenvalue weighted by atomic mass is 9.85. The van der Waals surface area contributed by atoms with Crippen molar-refractivity contribution >= 4 is 5.97 Å². The van der Waals surface area contributed by atoms with Crippen molar-refractivity contribution in [2.24, 2.45) is 5.92 Å². The van der Waals surface area contributed by atoms with Crippen LogP contribution >= 0.6 is 0 Å². The van der Waals surface area contributed by atoms with Crippen LogP contribution in [0.15, 0.2) is 0 Å². The summed E-state index contributed by atoms with van der Waals surface area (Å²) in [7, 11) is 3.20. The highest BCUT2D eigenvalue weighted by Crippen LogP contribution is 2.28. The van der Waals surface area contributed by atoms with Crippen molar-refractivity contribution in [3.63, 3.8) is 0 Å². The van der Waals surface area contributed by atoms with E-state index < -0.39 is 0 Å². The smallest absolute Gasteiger partial charge is 0.305 e. The quantitative estimate of drug-likeness (QED) is 0.630. The predicted octanol–water partition coefficient (Wildman–Crippen LogP) is 1.75. The van der Waals surface area contributed by atoms with Crippen LogP contribution in [0, 0.1) is 5.92 Å². The predicted molar refractivity (Wildman–Crippen MR) is 49.4 cm³/mol. The minimum Gasteiger partial charge on any atom is -0.469 e. The summed E-state index contributed by atoms with van der Waals surface area (Å²) in [6.45, 7) is 0. The molecule has 3 heteroatoms. The van der Waals surface area contributed by atoms with Crippen molar-refractivity contribution in [3.05, 3.63) is 0 Å². The van der Waals surface area contributed by atoms with Gasteiger partial charge in [-0.1, -0.05) is 0 Å². The molecule has 0 spiro atoms. The number of carbonyl (C=O) groups excluding carboxylic acids is 1. The topological polar surface area (TPSA) is 35.5 Å². The van der Waals surface area contributed by atoms with E-state index in [9.17, 15) is 4.79 Å². The van der Waals surface area contributed by atoms with Crippen LogP contribution in [-0.4, -0.2) is 26.3 Å². The fourth-order valence-corrected chi connectivity index (χ4v) is 1.89. The van der Waals surface area contributed by atoms with Gasteiger partial charge in [0.2, 0.25) is 0 Å². The Labute approximate surface area is 79.4 Å². The van der Waals surface area contributed by atoms with Crippen molar-refractivity contribution in [3.8, 4) is 0 Å². The zero-order valence-electron chi connectivity index (χ0n) is 8.41. The second-order valence-corrected chi connectivity index (χ2v) is 3.66. The number of hydrogen-bond donors (Lipinski definition) is 0. The number of ether oxygens (including phenoxy) is 2. The molecular weight excluding hydrogens is 168 g/mol. The van der Waals surface area contributed by atoms with E-state index in [4.69, 9.17) is 4.74 Å². The van der Waals surface area contributed by atoms with Crippen LogP contribution in [0.2, 0.25) is 0 Å². The third-order valence-electron chi connectivity index (χ3n) is 2.81. The van der Waals surface area contributed by atoms with Crippen LogP contribution in [0.25, 0.3) is 0 Å². The number of methoxy groups -OCH3 is 2. The Morgan fingerprint density at radius 2 is 1.85 bits per heavy atom. The molecule has 1 saturated carbocycles. The molecule has 0 aromatic heterocycles. The maximum Gasteiger partial charge on any atom is 0.305 e. The van der Waals surface area contributed by atoms with Gasteiger partial charge in [-0.3, -0.25) is 4.79 Å². The minimum atomic E-state index is -0.0825. The Hall–Kier alpha value is -0.570. The van der Waals surface area contributed by atoms with Gasteiger partial charge in [-0.2, -0.15) is 0 Å². The van der Waals surface area contributed by atoms with E-state index in [1.807, 2.05) is 0 Å². The Balaban J connectivity index is 2.21. The zero-order valence-corrected chi connectivity index (χ0v) is 8.41. The molecule has 1 aliphatic rings. The lowest BCUT2D eigenvalue weighted by Crippen LogP contribution is -2.22. The molecule has 0 bridgehead atoms. The van der Waals surface area contributed by atoms with Crippen molar-refractivity contribution in [2.45, 2.75) is 38.2 Å². The van der Waals surface area contributed by atoms with Gasteiger partial charge in [0, 0.05) is 13.5 Å². The first kappa shape index (κ1) is 10.5. The lowest BCUT2D eigenvalue weighted by molar-refractivity contribution is -0.142. The first-order chi connectivity index (χ1) is 6.26. The average molecular weight is 186 g/mol. The van der Waals surface area contributed by atoms with Crippen molar-refractivity contribution < 1.29 is 14.3 Å². The highest BCUT2D eigenvalue weighted by atomic mass is 16.5. The van der Waals surface area contributed by atoms with Gasteiger partial charge < -0.3 is 9.47 Å². The van der Waals surface area contributed by atoms with E-state index >= 15 is 0 Å². The summed E-state index contributed by atoms with van der Waals surface area (Å²) in [4.78, 5) is 11.0. The molecule has 0 atom stereocenters. The highest BCUT2D eigenvalue weighted by Gasteiger charge is 2.22. The van der Waals surface area contributed by atoms with Crippen LogP contribution < -0.4 is 0 Å². The lowest BCUT2D eigenvalue weighted by Gasteiger charge is -2.26. The van der Waals surface area contributed by atoms with E-state index in [1.165, 1.54) is 7.11 Å². The normalized spacial score (nSPS) is 28.5. The van der Waals surface area contributed by atoms with Gasteiger partial charge in [-0.05, 0) is 31.6 Å². The second kappa shape index (κ2) is 5.22. The second-order valence-electron chi connectivity index (χ2n) is 3.66. The van der Waals surface area contributed by atoms with Gasteiger partial charge >= 0.3 is 5.97 Å². The van der Waals surface area contributed by atoms with Crippen LogP contribution in [0.3, 0.4) is 0 Å². The molecule has 0 aliphatic heterocycles. The summed E-state index contributed by atoms with van der Waals surface area (Å²) < 4.78 is 9.89. The van der Waals surface area contributed by atoms with Gasteiger partial charge in [0.15, 0.2) is 0 Å². The molecule has 0 unspecified atom stereocenters. The molecule has 0 saturated heterocycles. The molecule has 0 amide bonds. The minimum absolute atomic E-state index is 0.0825. The van der Waals surface area contributed by atoms with Gasteiger partial charge in [-0.25, -0.2) is 0 Å². The molecule has 13 heavy (non-hydrogen) atoms. The molecule has 0 N–H and O–H groups in total. The Kier molecular flexibility index (Phi) is 4.22. The number of esters is 1. The molecule has 0 aromatic carbocycles. The molecule has 76 valence electrons. The Morgan fingerprint density at radius 1 is 1.23 bits per heavy atom. The van der Waals surface area contributed by atoms with Crippen LogP contribution in [0.4, 0.5) is 0 Å². The summed E-state index contributed by atoms with van der Waals surface area (Å²) >= 11 is 0. The molecule has 0 heterocycles. The monoisotopic (exact) mass is 186 g/mol. The standard InChI is InChI=1S/C10H18O3/c1-12-9-5-3-8(4-6-9)7-10(11)13-2/h8-9H,3-7H2,1-2H3/t8-,9+. The number of hydrogen-bond acceptors (Lipinski definition) is 3. The maximum absolute atomic E-state index is 11.0. The van der Waals surface area contributed by atoms with E-state index in [-0.39, 0.29) is 5.97 Å². The van der Waals surface area contributed by atoms with E-state index in [0.29, 0.717) is 18.4 Å². The highest BCUT2D eigenvalue weighted by molar-refractivity contribution is 5.69. The fourth-order valence-electron chi connectivity index (χ4n) is 1.89. The molecule has 1 rings (SSSR count). The zero-order chi connectivity index (χ0) is 9.68. The largest absolute Gasteiger partial charge is 0.469 e. The van der Waals surface area contributed by atoms with Crippen LogP contribution in [0.5, 0.6) is 0 Å². The summed E-state index contributed by atoms with van der Waals surface area (Å²) in [5.41, 5.74) is 0. The van der Waals surface area contributed by atoms with E-state index in [1.54, 1.807) is 7.11 Å². The molecule has 0 aromatic rings. The van der Waals surface area contributed by atoms with Crippen LogP contribution in [-0.2, 0) is 14.3 Å². The van der Waals surface area contributed by atoms with Gasteiger partial charge in [0.1, 0.15) is 0 Å². The SMILES string of the molecule is COC(=O)C[C@H]1CC[C@@H](OC)CC1. The van der Waals surface area contributed by atoms with Crippen molar-refractivity contribution in [2.75, 3.05) is 14.2 Å². The molecular formula is C10H18O3. The summed E-state index contributed by atoms with van der Waals surface area (Å²) in [6, 6.07) is 0. The van der Waals surface area contributed by atoms with E-state index in [0.717, 1.165) is 25.7 Å².